The predicted octanol–water partition coefficient (Wildman–Crippen LogP) is 1.74. The smallest absolute Gasteiger partial charge is 0.235 e. The quantitative estimate of drug-likeness (QED) is 0.907. The molecule has 0 fully saturated rings. The number of nitrogens with zero attached hydrogens (tertiary/aromatic N) is 2. The highest BCUT2D eigenvalue weighted by molar-refractivity contribution is 8.14. The summed E-state index contributed by atoms with van der Waals surface area (Å²) in [5.41, 5.74) is 1.39. The number of rotatable bonds is 3. The number of hydrogen-bond donors (Lipinski definition) is 1. The summed E-state index contributed by atoms with van der Waals surface area (Å²) in [5, 5.41) is 12.4. The molecular weight excluding hydrogens is 322 g/mol. The minimum absolute atomic E-state index is 0.000927. The molecule has 1 aliphatic rings. The van der Waals surface area contributed by atoms with Gasteiger partial charge in [-0.15, -0.1) is 11.3 Å². The van der Waals surface area contributed by atoms with Crippen LogP contribution in [0.5, 0.6) is 0 Å². The van der Waals surface area contributed by atoms with Crippen LogP contribution in [0.1, 0.15) is 29.9 Å². The largest absolute Gasteiger partial charge is 0.337 e. The first kappa shape index (κ1) is 16.5. The molecule has 0 spiro atoms. The second-order valence-electron chi connectivity index (χ2n) is 4.84. The maximum Gasteiger partial charge on any atom is 0.235 e. The maximum absolute atomic E-state index is 11.8. The first-order valence-corrected chi connectivity index (χ1v) is 8.46. The monoisotopic (exact) mass is 337 g/mol. The molecule has 1 aromatic heterocycles. The highest BCUT2D eigenvalue weighted by Gasteiger charge is 2.26. The molecule has 1 N–H and O–H groups in total. The highest BCUT2D eigenvalue weighted by Crippen LogP contribution is 2.36. The molecule has 2 heterocycles. The van der Waals surface area contributed by atoms with Gasteiger partial charge in [-0.3, -0.25) is 14.4 Å². The van der Waals surface area contributed by atoms with E-state index in [1.165, 1.54) is 25.2 Å². The number of amides is 2. The number of anilines is 1. The zero-order chi connectivity index (χ0) is 16.3. The van der Waals surface area contributed by atoms with Crippen LogP contribution in [0.3, 0.4) is 0 Å². The molecule has 0 aromatic carbocycles. The lowest BCUT2D eigenvalue weighted by Crippen LogP contribution is -2.33. The molecule has 1 aromatic rings. The topological polar surface area (TPSA) is 90.3 Å². The number of nitriles is 1. The van der Waals surface area contributed by atoms with Crippen molar-refractivity contribution in [1.29, 1.82) is 5.26 Å². The average molecular weight is 337 g/mol. The molecule has 0 bridgehead atoms. The first-order chi connectivity index (χ1) is 10.4. The lowest BCUT2D eigenvalue weighted by molar-refractivity contribution is -0.129. The van der Waals surface area contributed by atoms with Gasteiger partial charge in [-0.2, -0.15) is 5.26 Å². The Bertz CT molecular complexity index is 676. The van der Waals surface area contributed by atoms with Gasteiger partial charge in [0.1, 0.15) is 11.1 Å². The molecule has 6 nitrogen and oxygen atoms in total. The zero-order valence-corrected chi connectivity index (χ0v) is 13.9. The number of carbonyl (C=O) groups is 3. The van der Waals surface area contributed by atoms with Crippen LogP contribution in [0.2, 0.25) is 0 Å². The zero-order valence-electron chi connectivity index (χ0n) is 12.3. The van der Waals surface area contributed by atoms with Crippen molar-refractivity contribution < 1.29 is 14.4 Å². The van der Waals surface area contributed by atoms with Crippen LogP contribution in [0.25, 0.3) is 0 Å². The van der Waals surface area contributed by atoms with Crippen molar-refractivity contribution in [1.82, 2.24) is 4.90 Å². The number of nitrogens with one attached hydrogen (secondary N) is 1. The summed E-state index contributed by atoms with van der Waals surface area (Å²) in [6, 6.07) is 2.14. The van der Waals surface area contributed by atoms with Gasteiger partial charge in [0, 0.05) is 25.3 Å². The summed E-state index contributed by atoms with van der Waals surface area (Å²) in [4.78, 5) is 36.8. The molecule has 0 atom stereocenters. The van der Waals surface area contributed by atoms with E-state index in [1.54, 1.807) is 4.90 Å². The van der Waals surface area contributed by atoms with Gasteiger partial charge in [-0.05, 0) is 12.0 Å². The minimum atomic E-state index is -0.307. The maximum atomic E-state index is 11.8. The van der Waals surface area contributed by atoms with Crippen molar-refractivity contribution in [2.45, 2.75) is 26.8 Å². The molecule has 0 radical (unpaired) electrons. The number of thioether (sulfide) groups is 1. The van der Waals surface area contributed by atoms with E-state index in [4.69, 9.17) is 0 Å². The van der Waals surface area contributed by atoms with Gasteiger partial charge in [0.25, 0.3) is 0 Å². The number of hydrogen-bond acceptors (Lipinski definition) is 6. The van der Waals surface area contributed by atoms with Crippen LogP contribution in [-0.4, -0.2) is 34.1 Å². The van der Waals surface area contributed by atoms with Crippen LogP contribution in [0.15, 0.2) is 0 Å². The van der Waals surface area contributed by atoms with Crippen molar-refractivity contribution in [3.63, 3.8) is 0 Å². The van der Waals surface area contributed by atoms with Crippen molar-refractivity contribution >= 4 is 45.0 Å². The van der Waals surface area contributed by atoms with Gasteiger partial charge in [0.2, 0.25) is 11.8 Å². The third-order valence-electron chi connectivity index (χ3n) is 3.27. The normalized spacial score (nSPS) is 13.2. The standard InChI is InChI=1S/C14H15N3O3S2/c1-8(18)17-4-3-10-11(5-15)14(22-12(10)6-17)16-13(20)7-21-9(2)19/h3-4,6-7H2,1-2H3,(H,16,20). The van der Waals surface area contributed by atoms with Crippen LogP contribution >= 0.6 is 23.1 Å². The van der Waals surface area contributed by atoms with E-state index >= 15 is 0 Å². The molecule has 1 aliphatic heterocycles. The fourth-order valence-electron chi connectivity index (χ4n) is 2.21. The van der Waals surface area contributed by atoms with Crippen molar-refractivity contribution in [3.8, 4) is 6.07 Å². The van der Waals surface area contributed by atoms with E-state index in [-0.39, 0.29) is 22.7 Å². The minimum Gasteiger partial charge on any atom is -0.337 e. The van der Waals surface area contributed by atoms with E-state index in [2.05, 4.69) is 11.4 Å². The van der Waals surface area contributed by atoms with Gasteiger partial charge in [-0.1, -0.05) is 11.8 Å². The fraction of sp³-hybridized carbons (Fsp3) is 0.429. The summed E-state index contributed by atoms with van der Waals surface area (Å²) in [6.45, 7) is 3.98. The van der Waals surface area contributed by atoms with E-state index in [0.717, 1.165) is 22.2 Å². The Kier molecular flexibility index (Phi) is 5.21. The Morgan fingerprint density at radius 2 is 2.14 bits per heavy atom. The molecule has 22 heavy (non-hydrogen) atoms. The lowest BCUT2D eigenvalue weighted by Gasteiger charge is -2.25. The van der Waals surface area contributed by atoms with Gasteiger partial charge < -0.3 is 10.2 Å². The van der Waals surface area contributed by atoms with Gasteiger partial charge in [0.05, 0.1) is 17.9 Å². The van der Waals surface area contributed by atoms with Gasteiger partial charge >= 0.3 is 0 Å². The first-order valence-electron chi connectivity index (χ1n) is 6.65. The number of carbonyl (C=O) groups excluding carboxylic acids is 3. The Labute approximate surface area is 136 Å². The summed E-state index contributed by atoms with van der Waals surface area (Å²) >= 11 is 2.26. The van der Waals surface area contributed by atoms with Crippen LogP contribution < -0.4 is 5.32 Å². The SMILES string of the molecule is CC(=O)SCC(=O)Nc1sc2c(c1C#N)CCN(C(C)=O)C2. The third kappa shape index (κ3) is 3.67. The van der Waals surface area contributed by atoms with Crippen LogP contribution in [0, 0.1) is 11.3 Å². The Balaban J connectivity index is 2.17. The molecule has 2 rings (SSSR count). The van der Waals surface area contributed by atoms with E-state index in [1.807, 2.05) is 0 Å². The average Bonchev–Trinajstić information content (AvgIpc) is 2.80. The molecule has 8 heteroatoms. The van der Waals surface area contributed by atoms with E-state index in [9.17, 15) is 19.6 Å². The van der Waals surface area contributed by atoms with Gasteiger partial charge in [-0.25, -0.2) is 0 Å². The summed E-state index contributed by atoms with van der Waals surface area (Å²) in [7, 11) is 0. The van der Waals surface area contributed by atoms with E-state index < -0.39 is 0 Å². The van der Waals surface area contributed by atoms with Crippen LogP contribution in [0.4, 0.5) is 5.00 Å². The summed E-state index contributed by atoms with van der Waals surface area (Å²) in [5.74, 6) is -0.276. The Hall–Kier alpha value is -1.85. The molecule has 0 unspecified atom stereocenters. The molecule has 2 amide bonds. The van der Waals surface area contributed by atoms with Crippen molar-refractivity contribution in [2.75, 3.05) is 17.6 Å². The molecule has 0 saturated carbocycles. The van der Waals surface area contributed by atoms with Crippen molar-refractivity contribution in [3.05, 3.63) is 16.0 Å². The molecule has 116 valence electrons. The Morgan fingerprint density at radius 1 is 1.41 bits per heavy atom. The second kappa shape index (κ2) is 6.94. The predicted molar refractivity (Wildman–Crippen MR) is 85.6 cm³/mol. The third-order valence-corrected chi connectivity index (χ3v) is 5.22. The second-order valence-corrected chi connectivity index (χ2v) is 7.10. The lowest BCUT2D eigenvalue weighted by atomic mass is 10.0. The van der Waals surface area contributed by atoms with Crippen LogP contribution in [-0.2, 0) is 27.3 Å². The highest BCUT2D eigenvalue weighted by atomic mass is 32.2. The van der Waals surface area contributed by atoms with Gasteiger partial charge in [0.15, 0.2) is 5.12 Å². The molecule has 0 aliphatic carbocycles. The molecular formula is C14H15N3O3S2. The number of thiophene rings is 1. The number of fused-ring (bicyclic) bond motifs is 1. The Morgan fingerprint density at radius 3 is 2.73 bits per heavy atom. The summed E-state index contributed by atoms with van der Waals surface area (Å²) < 4.78 is 0. The summed E-state index contributed by atoms with van der Waals surface area (Å²) in [6.07, 6.45) is 0.617. The van der Waals surface area contributed by atoms with Crippen molar-refractivity contribution in [2.24, 2.45) is 0 Å². The fourth-order valence-corrected chi connectivity index (χ4v) is 3.84. The molecule has 0 saturated heterocycles. The van der Waals surface area contributed by atoms with E-state index in [0.29, 0.717) is 30.1 Å².